The number of anilines is 1. The molecule has 34 heavy (non-hydrogen) atoms. The number of benzene rings is 1. The highest BCUT2D eigenvalue weighted by molar-refractivity contribution is 5.80. The van der Waals surface area contributed by atoms with Crippen LogP contribution in [0.2, 0.25) is 0 Å². The van der Waals surface area contributed by atoms with Gasteiger partial charge >= 0.3 is 6.18 Å². The molecule has 3 heterocycles. The Hall–Kier alpha value is -2.75. The molecule has 4 rings (SSSR count). The van der Waals surface area contributed by atoms with E-state index >= 15 is 0 Å². The van der Waals surface area contributed by atoms with E-state index in [1.807, 2.05) is 0 Å². The fourth-order valence-electron chi connectivity index (χ4n) is 4.70. The molecule has 2 aliphatic heterocycles. The van der Waals surface area contributed by atoms with Gasteiger partial charge < -0.3 is 10.2 Å². The highest BCUT2D eigenvalue weighted by Crippen LogP contribution is 2.36. The van der Waals surface area contributed by atoms with Gasteiger partial charge in [-0.25, -0.2) is 13.8 Å². The number of rotatable bonds is 5. The van der Waals surface area contributed by atoms with Crippen molar-refractivity contribution < 1.29 is 26.7 Å². The molecule has 0 radical (unpaired) electrons. The van der Waals surface area contributed by atoms with E-state index in [0.717, 1.165) is 12.1 Å². The van der Waals surface area contributed by atoms with Crippen LogP contribution < -0.4 is 10.2 Å². The summed E-state index contributed by atoms with van der Waals surface area (Å²) in [6.07, 6.45) is -0.520. The Morgan fingerprint density at radius 2 is 1.82 bits per heavy atom. The van der Waals surface area contributed by atoms with E-state index in [9.17, 15) is 26.7 Å². The predicted octanol–water partition coefficient (Wildman–Crippen LogP) is 4.38. The van der Waals surface area contributed by atoms with Gasteiger partial charge in [-0.05, 0) is 55.5 Å². The lowest BCUT2D eigenvalue weighted by Crippen LogP contribution is -2.49. The quantitative estimate of drug-likeness (QED) is 0.643. The molecule has 1 amide bonds. The summed E-state index contributed by atoms with van der Waals surface area (Å²) < 4.78 is 66.7. The zero-order chi connectivity index (χ0) is 24.3. The van der Waals surface area contributed by atoms with Crippen molar-refractivity contribution in [3.05, 3.63) is 59.3 Å². The fraction of sp³-hybridized carbons (Fsp3) is 0.500. The molecule has 5 nitrogen and oxygen atoms in total. The third kappa shape index (κ3) is 5.84. The first-order valence-corrected chi connectivity index (χ1v) is 11.4. The van der Waals surface area contributed by atoms with Gasteiger partial charge in [-0.1, -0.05) is 6.07 Å². The number of alkyl halides is 3. The number of amides is 1. The van der Waals surface area contributed by atoms with Gasteiger partial charge in [-0.3, -0.25) is 9.69 Å². The van der Waals surface area contributed by atoms with Crippen LogP contribution in [0.1, 0.15) is 36.8 Å². The van der Waals surface area contributed by atoms with Crippen LogP contribution in [0.3, 0.4) is 0 Å². The smallest absolute Gasteiger partial charge is 0.355 e. The van der Waals surface area contributed by atoms with Gasteiger partial charge in [0.2, 0.25) is 5.91 Å². The normalized spacial score (nSPS) is 20.4. The van der Waals surface area contributed by atoms with E-state index in [0.29, 0.717) is 57.4 Å². The maximum Gasteiger partial charge on any atom is 0.419 e. The van der Waals surface area contributed by atoms with E-state index in [4.69, 9.17) is 0 Å². The summed E-state index contributed by atoms with van der Waals surface area (Å²) in [5.74, 6) is -2.42. The summed E-state index contributed by atoms with van der Waals surface area (Å²) in [5.41, 5.74) is -0.0964. The minimum atomic E-state index is -4.51. The highest BCUT2D eigenvalue weighted by Gasteiger charge is 2.37. The molecule has 1 atom stereocenters. The standard InChI is InChI=1S/C24H27F5N4O/c25-20-6-5-16(13-21(20)26)14-32-11-7-18(8-12-32)31-23(34)17-3-2-10-33(15-17)22-19(24(27,28)29)4-1-9-30-22/h1,4-6,9,13,17-18H,2-3,7-8,10-12,14-15H2,(H,31,34). The molecule has 0 bridgehead atoms. The van der Waals surface area contributed by atoms with Crippen molar-refractivity contribution in [1.82, 2.24) is 15.2 Å². The van der Waals surface area contributed by atoms with Gasteiger partial charge in [-0.15, -0.1) is 0 Å². The number of pyridine rings is 1. The molecular weight excluding hydrogens is 455 g/mol. The Balaban J connectivity index is 1.29. The summed E-state index contributed by atoms with van der Waals surface area (Å²) in [5, 5.41) is 3.06. The molecule has 1 aromatic heterocycles. The van der Waals surface area contributed by atoms with Crippen molar-refractivity contribution in [2.45, 2.75) is 44.4 Å². The Morgan fingerprint density at radius 3 is 2.53 bits per heavy atom. The molecule has 0 saturated carbocycles. The number of nitrogens with one attached hydrogen (secondary N) is 1. The zero-order valence-corrected chi connectivity index (χ0v) is 18.6. The van der Waals surface area contributed by atoms with Gasteiger partial charge in [0.05, 0.1) is 11.5 Å². The van der Waals surface area contributed by atoms with E-state index in [-0.39, 0.29) is 24.3 Å². The van der Waals surface area contributed by atoms with Gasteiger partial charge in [0.25, 0.3) is 0 Å². The van der Waals surface area contributed by atoms with Gasteiger partial charge in [0.1, 0.15) is 5.82 Å². The maximum absolute atomic E-state index is 13.4. The van der Waals surface area contributed by atoms with Gasteiger partial charge in [0, 0.05) is 45.0 Å². The second-order valence-electron chi connectivity index (χ2n) is 8.96. The molecule has 2 saturated heterocycles. The summed E-state index contributed by atoms with van der Waals surface area (Å²) in [4.78, 5) is 20.5. The zero-order valence-electron chi connectivity index (χ0n) is 18.6. The van der Waals surface area contributed by atoms with Crippen LogP contribution in [0.5, 0.6) is 0 Å². The minimum Gasteiger partial charge on any atom is -0.355 e. The number of likely N-dealkylation sites (tertiary alicyclic amines) is 1. The molecule has 1 unspecified atom stereocenters. The molecule has 2 aliphatic rings. The number of hydrogen-bond donors (Lipinski definition) is 1. The number of piperidine rings is 2. The van der Waals surface area contributed by atoms with E-state index < -0.39 is 29.3 Å². The van der Waals surface area contributed by atoms with Crippen molar-refractivity contribution in [3.63, 3.8) is 0 Å². The molecule has 0 aliphatic carbocycles. The molecule has 2 fully saturated rings. The lowest BCUT2D eigenvalue weighted by molar-refractivity contribution is -0.137. The lowest BCUT2D eigenvalue weighted by Gasteiger charge is -2.36. The molecular formula is C24H27F5N4O. The van der Waals surface area contributed by atoms with Crippen LogP contribution in [0.15, 0.2) is 36.5 Å². The summed E-state index contributed by atoms with van der Waals surface area (Å²) in [7, 11) is 0. The van der Waals surface area contributed by atoms with Crippen molar-refractivity contribution >= 4 is 11.7 Å². The van der Waals surface area contributed by atoms with Crippen molar-refractivity contribution in [2.24, 2.45) is 5.92 Å². The average molecular weight is 482 g/mol. The van der Waals surface area contributed by atoms with E-state index in [1.165, 1.54) is 18.3 Å². The summed E-state index contributed by atoms with van der Waals surface area (Å²) in [6, 6.07) is 6.13. The first-order chi connectivity index (χ1) is 16.2. The van der Waals surface area contributed by atoms with Crippen molar-refractivity contribution in [3.8, 4) is 0 Å². The molecule has 2 aromatic rings. The second kappa shape index (κ2) is 10.2. The summed E-state index contributed by atoms with van der Waals surface area (Å²) in [6.45, 7) is 2.52. The van der Waals surface area contributed by atoms with Crippen LogP contribution in [-0.2, 0) is 17.5 Å². The predicted molar refractivity (Wildman–Crippen MR) is 117 cm³/mol. The molecule has 10 heteroatoms. The first kappa shape index (κ1) is 24.4. The first-order valence-electron chi connectivity index (χ1n) is 11.4. The number of carbonyl (C=O) groups excluding carboxylic acids is 1. The number of hydrogen-bond acceptors (Lipinski definition) is 4. The topological polar surface area (TPSA) is 48.5 Å². The van der Waals surface area contributed by atoms with E-state index in [2.05, 4.69) is 15.2 Å². The average Bonchev–Trinajstić information content (AvgIpc) is 2.82. The summed E-state index contributed by atoms with van der Waals surface area (Å²) >= 11 is 0. The Bertz CT molecular complexity index is 1010. The van der Waals surface area contributed by atoms with Gasteiger partial charge in [0.15, 0.2) is 11.6 Å². The van der Waals surface area contributed by atoms with Crippen LogP contribution in [0, 0.1) is 17.6 Å². The van der Waals surface area contributed by atoms with Crippen LogP contribution in [0.25, 0.3) is 0 Å². The molecule has 0 spiro atoms. The largest absolute Gasteiger partial charge is 0.419 e. The number of aromatic nitrogens is 1. The Labute approximate surface area is 194 Å². The van der Waals surface area contributed by atoms with Gasteiger partial charge in [-0.2, -0.15) is 13.2 Å². The number of carbonyl (C=O) groups is 1. The third-order valence-electron chi connectivity index (χ3n) is 6.51. The highest BCUT2D eigenvalue weighted by atomic mass is 19.4. The van der Waals surface area contributed by atoms with Crippen molar-refractivity contribution in [1.29, 1.82) is 0 Å². The maximum atomic E-state index is 13.4. The number of nitrogens with zero attached hydrogens (tertiary/aromatic N) is 3. The van der Waals surface area contributed by atoms with Crippen LogP contribution >= 0.6 is 0 Å². The molecule has 1 N–H and O–H groups in total. The van der Waals surface area contributed by atoms with Crippen LogP contribution in [0.4, 0.5) is 27.8 Å². The Kier molecular flexibility index (Phi) is 7.35. The SMILES string of the molecule is O=C(NC1CCN(Cc2ccc(F)c(F)c2)CC1)C1CCCN(c2ncccc2C(F)(F)F)C1. The molecule has 184 valence electrons. The number of halogens is 5. The van der Waals surface area contributed by atoms with Crippen molar-refractivity contribution in [2.75, 3.05) is 31.1 Å². The third-order valence-corrected chi connectivity index (χ3v) is 6.51. The van der Waals surface area contributed by atoms with E-state index in [1.54, 1.807) is 11.0 Å². The second-order valence-corrected chi connectivity index (χ2v) is 8.96. The monoisotopic (exact) mass is 482 g/mol. The minimum absolute atomic E-state index is 0.0235. The Morgan fingerprint density at radius 1 is 1.06 bits per heavy atom. The van der Waals surface area contributed by atoms with Crippen LogP contribution in [-0.4, -0.2) is 48.0 Å². The molecule has 1 aromatic carbocycles. The lowest BCUT2D eigenvalue weighted by atomic mass is 9.95. The fourth-order valence-corrected chi connectivity index (χ4v) is 4.70.